The van der Waals surface area contributed by atoms with Gasteiger partial charge in [-0.05, 0) is 11.5 Å². The Morgan fingerprint density at radius 1 is 1.19 bits per heavy atom. The lowest BCUT2D eigenvalue weighted by Crippen LogP contribution is -2.43. The quantitative estimate of drug-likeness (QED) is 0.804. The van der Waals surface area contributed by atoms with Crippen molar-refractivity contribution in [3.63, 3.8) is 0 Å². The van der Waals surface area contributed by atoms with Gasteiger partial charge in [-0.1, -0.05) is 51.1 Å². The van der Waals surface area contributed by atoms with Crippen LogP contribution in [0.4, 0.5) is 0 Å². The molecule has 116 valence electrons. The molecule has 0 bridgehead atoms. The first kappa shape index (κ1) is 17.2. The number of carbonyl (C=O) groups is 2. The van der Waals surface area contributed by atoms with E-state index in [2.05, 4.69) is 0 Å². The van der Waals surface area contributed by atoms with Crippen molar-refractivity contribution in [2.75, 3.05) is 13.1 Å². The number of nitrogens with zero attached hydrogens (tertiary/aromatic N) is 1. The minimum absolute atomic E-state index is 0.202. The summed E-state index contributed by atoms with van der Waals surface area (Å²) in [7, 11) is 0. The van der Waals surface area contributed by atoms with Gasteiger partial charge in [-0.2, -0.15) is 0 Å². The maximum absolute atomic E-state index is 12.5. The lowest BCUT2D eigenvalue weighted by Gasteiger charge is -2.28. The van der Waals surface area contributed by atoms with Gasteiger partial charge in [0.25, 0.3) is 0 Å². The Morgan fingerprint density at radius 3 is 2.24 bits per heavy atom. The zero-order valence-corrected chi connectivity index (χ0v) is 12.8. The van der Waals surface area contributed by atoms with Crippen molar-refractivity contribution < 1.29 is 14.7 Å². The monoisotopic (exact) mass is 292 g/mol. The normalized spacial score (nSPS) is 13.8. The van der Waals surface area contributed by atoms with E-state index in [1.807, 2.05) is 44.2 Å². The van der Waals surface area contributed by atoms with Gasteiger partial charge in [0.2, 0.25) is 5.91 Å². The predicted molar refractivity (Wildman–Crippen MR) is 81.6 cm³/mol. The summed E-state index contributed by atoms with van der Waals surface area (Å²) in [4.78, 5) is 24.8. The molecule has 1 rings (SSSR count). The number of rotatable bonds is 7. The maximum atomic E-state index is 12.5. The van der Waals surface area contributed by atoms with E-state index < -0.39 is 17.9 Å². The van der Waals surface area contributed by atoms with E-state index in [0.29, 0.717) is 6.54 Å². The molecule has 0 aromatic heterocycles. The van der Waals surface area contributed by atoms with Crippen LogP contribution in [0.25, 0.3) is 0 Å². The molecule has 1 amide bonds. The third kappa shape index (κ3) is 5.19. The van der Waals surface area contributed by atoms with Gasteiger partial charge >= 0.3 is 5.97 Å². The van der Waals surface area contributed by atoms with E-state index in [4.69, 9.17) is 10.8 Å². The highest BCUT2D eigenvalue weighted by molar-refractivity contribution is 5.83. The summed E-state index contributed by atoms with van der Waals surface area (Å²) in [6, 6.07) is 8.93. The summed E-state index contributed by atoms with van der Waals surface area (Å²) < 4.78 is 0. The zero-order chi connectivity index (χ0) is 16.0. The van der Waals surface area contributed by atoms with E-state index in [9.17, 15) is 9.59 Å². The highest BCUT2D eigenvalue weighted by atomic mass is 16.4. The number of hydrogen-bond donors (Lipinski definition) is 2. The Bertz CT molecular complexity index is 474. The second kappa shape index (κ2) is 7.78. The van der Waals surface area contributed by atoms with Gasteiger partial charge in [-0.15, -0.1) is 0 Å². The maximum Gasteiger partial charge on any atom is 0.323 e. The number of amides is 1. The summed E-state index contributed by atoms with van der Waals surface area (Å²) in [5.74, 6) is -1.49. The minimum Gasteiger partial charge on any atom is -0.480 e. The standard InChI is InChI=1S/C16H24N2O3/c1-11(2)9-18(10-14(19)20)16(21)12(3)15(17)13-7-5-4-6-8-13/h4-8,11-12,15H,9-10,17H2,1-3H3,(H,19,20). The molecule has 0 radical (unpaired) electrons. The van der Waals surface area contributed by atoms with E-state index in [0.717, 1.165) is 5.56 Å². The van der Waals surface area contributed by atoms with Crippen LogP contribution in [0.2, 0.25) is 0 Å². The average molecular weight is 292 g/mol. The Hall–Kier alpha value is -1.88. The fourth-order valence-electron chi connectivity index (χ4n) is 2.24. The molecule has 0 spiro atoms. The lowest BCUT2D eigenvalue weighted by molar-refractivity contribution is -0.146. The smallest absolute Gasteiger partial charge is 0.323 e. The molecule has 1 aromatic carbocycles. The Morgan fingerprint density at radius 2 is 1.76 bits per heavy atom. The highest BCUT2D eigenvalue weighted by Crippen LogP contribution is 2.21. The van der Waals surface area contributed by atoms with Crippen LogP contribution in [0.15, 0.2) is 30.3 Å². The molecule has 2 unspecified atom stereocenters. The van der Waals surface area contributed by atoms with Crippen LogP contribution in [0, 0.1) is 11.8 Å². The SMILES string of the molecule is CC(C)CN(CC(=O)O)C(=O)C(C)C(N)c1ccccc1. The molecule has 0 aliphatic heterocycles. The Kier molecular flexibility index (Phi) is 6.37. The molecule has 0 heterocycles. The molecule has 5 heteroatoms. The van der Waals surface area contributed by atoms with Crippen molar-refractivity contribution in [3.05, 3.63) is 35.9 Å². The first-order valence-corrected chi connectivity index (χ1v) is 7.14. The summed E-state index contributed by atoms with van der Waals surface area (Å²) in [5, 5.41) is 8.96. The van der Waals surface area contributed by atoms with Gasteiger partial charge in [0.05, 0.1) is 5.92 Å². The highest BCUT2D eigenvalue weighted by Gasteiger charge is 2.28. The molecule has 0 saturated heterocycles. The van der Waals surface area contributed by atoms with Crippen LogP contribution in [-0.2, 0) is 9.59 Å². The van der Waals surface area contributed by atoms with E-state index in [1.165, 1.54) is 4.90 Å². The van der Waals surface area contributed by atoms with Gasteiger partial charge in [-0.25, -0.2) is 0 Å². The first-order chi connectivity index (χ1) is 9.82. The molecular formula is C16H24N2O3. The van der Waals surface area contributed by atoms with Crippen LogP contribution in [0.3, 0.4) is 0 Å². The van der Waals surface area contributed by atoms with Crippen molar-refractivity contribution in [2.24, 2.45) is 17.6 Å². The first-order valence-electron chi connectivity index (χ1n) is 7.14. The Labute approximate surface area is 125 Å². The van der Waals surface area contributed by atoms with Crippen LogP contribution < -0.4 is 5.73 Å². The van der Waals surface area contributed by atoms with Crippen molar-refractivity contribution in [1.29, 1.82) is 0 Å². The number of benzene rings is 1. The number of nitrogens with two attached hydrogens (primary N) is 1. The average Bonchev–Trinajstić information content (AvgIpc) is 2.44. The molecule has 1 aromatic rings. The Balaban J connectivity index is 2.84. The fourth-order valence-corrected chi connectivity index (χ4v) is 2.24. The van der Waals surface area contributed by atoms with Crippen LogP contribution in [0.1, 0.15) is 32.4 Å². The second-order valence-electron chi connectivity index (χ2n) is 5.73. The van der Waals surface area contributed by atoms with Gasteiger partial charge in [-0.3, -0.25) is 9.59 Å². The molecule has 0 aliphatic rings. The summed E-state index contributed by atoms with van der Waals surface area (Å²) in [5.41, 5.74) is 7.02. The number of carboxylic acids is 1. The summed E-state index contributed by atoms with van der Waals surface area (Å²) in [6.07, 6.45) is 0. The van der Waals surface area contributed by atoms with Crippen molar-refractivity contribution >= 4 is 11.9 Å². The van der Waals surface area contributed by atoms with Crippen LogP contribution in [0.5, 0.6) is 0 Å². The summed E-state index contributed by atoms with van der Waals surface area (Å²) >= 11 is 0. The molecule has 0 fully saturated rings. The van der Waals surface area contributed by atoms with Gasteiger partial charge in [0, 0.05) is 12.6 Å². The van der Waals surface area contributed by atoms with Crippen molar-refractivity contribution in [2.45, 2.75) is 26.8 Å². The third-order valence-electron chi connectivity index (χ3n) is 3.34. The van der Waals surface area contributed by atoms with E-state index in [1.54, 1.807) is 6.92 Å². The van der Waals surface area contributed by atoms with Gasteiger partial charge in [0.1, 0.15) is 6.54 Å². The molecule has 0 aliphatic carbocycles. The van der Waals surface area contributed by atoms with E-state index >= 15 is 0 Å². The number of carbonyl (C=O) groups excluding carboxylic acids is 1. The molecule has 0 saturated carbocycles. The van der Waals surface area contributed by atoms with Crippen LogP contribution in [-0.4, -0.2) is 35.0 Å². The van der Waals surface area contributed by atoms with Crippen molar-refractivity contribution in [3.8, 4) is 0 Å². The second-order valence-corrected chi connectivity index (χ2v) is 5.73. The van der Waals surface area contributed by atoms with Crippen molar-refractivity contribution in [1.82, 2.24) is 4.90 Å². The largest absolute Gasteiger partial charge is 0.480 e. The third-order valence-corrected chi connectivity index (χ3v) is 3.34. The topological polar surface area (TPSA) is 83.6 Å². The number of hydrogen-bond acceptors (Lipinski definition) is 3. The number of aliphatic carboxylic acids is 1. The molecule has 3 N–H and O–H groups in total. The molecule has 21 heavy (non-hydrogen) atoms. The molecule has 2 atom stereocenters. The molecular weight excluding hydrogens is 268 g/mol. The summed E-state index contributed by atoms with van der Waals surface area (Å²) in [6.45, 7) is 5.77. The van der Waals surface area contributed by atoms with E-state index in [-0.39, 0.29) is 18.4 Å². The predicted octanol–water partition coefficient (Wildman–Crippen LogP) is 1.89. The lowest BCUT2D eigenvalue weighted by atomic mass is 9.94. The minimum atomic E-state index is -1.01. The van der Waals surface area contributed by atoms with Crippen LogP contribution >= 0.6 is 0 Å². The fraction of sp³-hybridized carbons (Fsp3) is 0.500. The van der Waals surface area contributed by atoms with Gasteiger partial charge in [0.15, 0.2) is 0 Å². The number of carboxylic acid groups (broad SMARTS) is 1. The van der Waals surface area contributed by atoms with Gasteiger partial charge < -0.3 is 15.7 Å². The molecule has 5 nitrogen and oxygen atoms in total. The zero-order valence-electron chi connectivity index (χ0n) is 12.8.